The number of benzene rings is 1. The van der Waals surface area contributed by atoms with Gasteiger partial charge in [0.15, 0.2) is 6.10 Å². The van der Waals surface area contributed by atoms with E-state index in [1.165, 1.54) is 0 Å². The molecule has 7 heteroatoms. The molecular formula is C20H26N2O5. The van der Waals surface area contributed by atoms with E-state index in [1.807, 2.05) is 29.2 Å². The van der Waals surface area contributed by atoms with Gasteiger partial charge in [-0.2, -0.15) is 0 Å². The molecule has 1 N–H and O–H groups in total. The van der Waals surface area contributed by atoms with Gasteiger partial charge in [-0.3, -0.25) is 9.59 Å². The molecule has 0 unspecified atom stereocenters. The minimum absolute atomic E-state index is 0.0219. The number of methoxy groups -OCH3 is 1. The molecule has 0 bridgehead atoms. The van der Waals surface area contributed by atoms with Crippen LogP contribution in [0.1, 0.15) is 31.4 Å². The monoisotopic (exact) mass is 374 g/mol. The SMILES string of the molecule is COc1ccc([C@@H]2[C@@H](C(=O)NCC3(C)COC3)OCC(=O)N2C2CC2)cc1. The second-order valence-corrected chi connectivity index (χ2v) is 8.00. The summed E-state index contributed by atoms with van der Waals surface area (Å²) in [5, 5.41) is 3.01. The molecule has 27 heavy (non-hydrogen) atoms. The van der Waals surface area contributed by atoms with Crippen LogP contribution in [-0.4, -0.2) is 62.3 Å². The van der Waals surface area contributed by atoms with Crippen molar-refractivity contribution in [1.82, 2.24) is 10.2 Å². The lowest BCUT2D eigenvalue weighted by atomic mass is 9.88. The Kier molecular flexibility index (Phi) is 4.82. The van der Waals surface area contributed by atoms with Gasteiger partial charge < -0.3 is 24.4 Å². The number of rotatable bonds is 6. The predicted octanol–water partition coefficient (Wildman–Crippen LogP) is 1.28. The fourth-order valence-corrected chi connectivity index (χ4v) is 3.72. The Balaban J connectivity index is 1.57. The third-order valence-electron chi connectivity index (χ3n) is 5.51. The minimum atomic E-state index is -0.721. The zero-order valence-corrected chi connectivity index (χ0v) is 15.8. The van der Waals surface area contributed by atoms with Gasteiger partial charge in [0.1, 0.15) is 12.4 Å². The molecule has 2 heterocycles. The summed E-state index contributed by atoms with van der Waals surface area (Å²) >= 11 is 0. The Bertz CT molecular complexity index is 712. The van der Waals surface area contributed by atoms with E-state index < -0.39 is 12.1 Å². The molecule has 7 nitrogen and oxygen atoms in total. The number of morpholine rings is 1. The normalized spacial score (nSPS) is 27.0. The Morgan fingerprint density at radius 1 is 1.30 bits per heavy atom. The van der Waals surface area contributed by atoms with Gasteiger partial charge in [0.05, 0.1) is 26.4 Å². The Labute approximate surface area is 158 Å². The van der Waals surface area contributed by atoms with Crippen LogP contribution in [0.4, 0.5) is 0 Å². The summed E-state index contributed by atoms with van der Waals surface area (Å²) < 4.78 is 16.2. The van der Waals surface area contributed by atoms with Crippen molar-refractivity contribution >= 4 is 11.8 Å². The Morgan fingerprint density at radius 2 is 2.00 bits per heavy atom. The third-order valence-corrected chi connectivity index (χ3v) is 5.51. The van der Waals surface area contributed by atoms with Crippen LogP contribution >= 0.6 is 0 Å². The quantitative estimate of drug-likeness (QED) is 0.812. The van der Waals surface area contributed by atoms with Crippen LogP contribution in [0.2, 0.25) is 0 Å². The zero-order chi connectivity index (χ0) is 19.0. The van der Waals surface area contributed by atoms with Crippen molar-refractivity contribution in [3.05, 3.63) is 29.8 Å². The molecule has 146 valence electrons. The van der Waals surface area contributed by atoms with Crippen molar-refractivity contribution in [2.75, 3.05) is 33.5 Å². The van der Waals surface area contributed by atoms with Gasteiger partial charge in [-0.15, -0.1) is 0 Å². The van der Waals surface area contributed by atoms with E-state index in [1.54, 1.807) is 7.11 Å². The topological polar surface area (TPSA) is 77.1 Å². The maximum absolute atomic E-state index is 12.9. The maximum Gasteiger partial charge on any atom is 0.251 e. The highest BCUT2D eigenvalue weighted by Gasteiger charge is 2.47. The highest BCUT2D eigenvalue weighted by molar-refractivity contribution is 5.86. The number of nitrogens with one attached hydrogen (secondary N) is 1. The van der Waals surface area contributed by atoms with Crippen LogP contribution in [0.15, 0.2) is 24.3 Å². The van der Waals surface area contributed by atoms with Gasteiger partial charge in [0, 0.05) is 18.0 Å². The highest BCUT2D eigenvalue weighted by atomic mass is 16.5. The number of nitrogens with zero attached hydrogens (tertiary/aromatic N) is 1. The first-order valence-electron chi connectivity index (χ1n) is 9.43. The molecular weight excluding hydrogens is 348 g/mol. The first kappa shape index (κ1) is 18.3. The van der Waals surface area contributed by atoms with Gasteiger partial charge in [-0.05, 0) is 30.5 Å². The van der Waals surface area contributed by atoms with Gasteiger partial charge in [0.2, 0.25) is 5.91 Å². The van der Waals surface area contributed by atoms with E-state index in [9.17, 15) is 9.59 Å². The second-order valence-electron chi connectivity index (χ2n) is 8.00. The summed E-state index contributed by atoms with van der Waals surface area (Å²) in [6.45, 7) is 3.86. The molecule has 0 spiro atoms. The number of hydrogen-bond donors (Lipinski definition) is 1. The maximum atomic E-state index is 12.9. The first-order chi connectivity index (χ1) is 13.0. The fourth-order valence-electron chi connectivity index (χ4n) is 3.72. The van der Waals surface area contributed by atoms with Crippen LogP contribution in [0.3, 0.4) is 0 Å². The van der Waals surface area contributed by atoms with Crippen molar-refractivity contribution in [3.63, 3.8) is 0 Å². The molecule has 3 fully saturated rings. The van der Waals surface area contributed by atoms with E-state index in [4.69, 9.17) is 14.2 Å². The molecule has 2 saturated heterocycles. The molecule has 0 aromatic heterocycles. The number of carbonyl (C=O) groups is 2. The molecule has 4 rings (SSSR count). The first-order valence-corrected chi connectivity index (χ1v) is 9.43. The van der Waals surface area contributed by atoms with Gasteiger partial charge >= 0.3 is 0 Å². The number of ether oxygens (including phenoxy) is 3. The Hall–Kier alpha value is -2.12. The van der Waals surface area contributed by atoms with Gasteiger partial charge in [0.25, 0.3) is 5.91 Å². The molecule has 1 aromatic carbocycles. The molecule has 2 amide bonds. The number of amides is 2. The van der Waals surface area contributed by atoms with Crippen molar-refractivity contribution in [2.24, 2.45) is 5.41 Å². The summed E-state index contributed by atoms with van der Waals surface area (Å²) in [6.07, 6.45) is 1.23. The van der Waals surface area contributed by atoms with E-state index in [0.29, 0.717) is 19.8 Å². The van der Waals surface area contributed by atoms with Crippen molar-refractivity contribution in [3.8, 4) is 5.75 Å². The number of hydrogen-bond acceptors (Lipinski definition) is 5. The standard InChI is InChI=1S/C20H26N2O5/c1-20(11-26-12-20)10-21-19(24)18-17(13-3-7-15(25-2)8-4-13)22(14-5-6-14)16(23)9-27-18/h3-4,7-8,14,17-18H,5-6,9-12H2,1-2H3,(H,21,24)/t17-,18+/m1/s1. The fraction of sp³-hybridized carbons (Fsp3) is 0.600. The summed E-state index contributed by atoms with van der Waals surface area (Å²) in [6, 6.07) is 7.28. The molecule has 1 aliphatic carbocycles. The largest absolute Gasteiger partial charge is 0.497 e. The lowest BCUT2D eigenvalue weighted by Gasteiger charge is -2.42. The van der Waals surface area contributed by atoms with Crippen molar-refractivity contribution in [1.29, 1.82) is 0 Å². The van der Waals surface area contributed by atoms with Crippen LogP contribution in [0.25, 0.3) is 0 Å². The smallest absolute Gasteiger partial charge is 0.251 e. The Morgan fingerprint density at radius 3 is 2.56 bits per heavy atom. The lowest BCUT2D eigenvalue weighted by molar-refractivity contribution is -0.166. The zero-order valence-electron chi connectivity index (χ0n) is 15.8. The number of carbonyl (C=O) groups excluding carboxylic acids is 2. The van der Waals surface area contributed by atoms with Crippen molar-refractivity contribution < 1.29 is 23.8 Å². The van der Waals surface area contributed by atoms with Gasteiger partial charge in [-0.25, -0.2) is 0 Å². The molecule has 1 saturated carbocycles. The summed E-state index contributed by atoms with van der Waals surface area (Å²) in [5.74, 6) is 0.502. The van der Waals surface area contributed by atoms with Crippen LogP contribution in [-0.2, 0) is 19.1 Å². The average molecular weight is 374 g/mol. The molecule has 0 radical (unpaired) electrons. The minimum Gasteiger partial charge on any atom is -0.497 e. The molecule has 2 aliphatic heterocycles. The highest BCUT2D eigenvalue weighted by Crippen LogP contribution is 2.40. The molecule has 2 atom stereocenters. The van der Waals surface area contributed by atoms with E-state index in [2.05, 4.69) is 12.2 Å². The summed E-state index contributed by atoms with van der Waals surface area (Å²) in [7, 11) is 1.61. The second kappa shape index (κ2) is 7.13. The van der Waals surface area contributed by atoms with Crippen LogP contribution in [0.5, 0.6) is 5.75 Å². The predicted molar refractivity (Wildman–Crippen MR) is 97.3 cm³/mol. The van der Waals surface area contributed by atoms with Crippen LogP contribution in [0, 0.1) is 5.41 Å². The van der Waals surface area contributed by atoms with Gasteiger partial charge in [-0.1, -0.05) is 19.1 Å². The van der Waals surface area contributed by atoms with E-state index in [0.717, 1.165) is 24.2 Å². The average Bonchev–Trinajstić information content (AvgIpc) is 3.49. The molecule has 3 aliphatic rings. The van der Waals surface area contributed by atoms with E-state index in [-0.39, 0.29) is 29.9 Å². The lowest BCUT2D eigenvalue weighted by Crippen LogP contribution is -2.57. The third kappa shape index (κ3) is 3.66. The summed E-state index contributed by atoms with van der Waals surface area (Å²) in [5.41, 5.74) is 0.862. The van der Waals surface area contributed by atoms with Crippen molar-refractivity contribution in [2.45, 2.75) is 38.0 Å². The molecule has 1 aromatic rings. The summed E-state index contributed by atoms with van der Waals surface area (Å²) in [4.78, 5) is 27.3. The van der Waals surface area contributed by atoms with Crippen LogP contribution < -0.4 is 10.1 Å². The van der Waals surface area contributed by atoms with E-state index >= 15 is 0 Å².